The van der Waals surface area contributed by atoms with Crippen LogP contribution >= 0.6 is 0 Å². The second-order valence-electron chi connectivity index (χ2n) is 6.54. The molecule has 0 unspecified atom stereocenters. The Labute approximate surface area is 168 Å². The van der Waals surface area contributed by atoms with Crippen LogP contribution in [0.5, 0.6) is 5.75 Å². The van der Waals surface area contributed by atoms with Gasteiger partial charge in [0.2, 0.25) is 11.8 Å². The van der Waals surface area contributed by atoms with E-state index in [2.05, 4.69) is 15.4 Å². The highest BCUT2D eigenvalue weighted by Gasteiger charge is 2.21. The Hall–Kier alpha value is -3.87. The van der Waals surface area contributed by atoms with Gasteiger partial charge in [-0.2, -0.15) is 5.10 Å². The van der Waals surface area contributed by atoms with Crippen molar-refractivity contribution >= 4 is 11.8 Å². The molecule has 0 aliphatic rings. The molecular formula is C22H20N4O3. The van der Waals surface area contributed by atoms with Crippen LogP contribution in [0.3, 0.4) is 0 Å². The van der Waals surface area contributed by atoms with Gasteiger partial charge in [0.05, 0.1) is 12.8 Å². The Morgan fingerprint density at radius 2 is 1.83 bits per heavy atom. The summed E-state index contributed by atoms with van der Waals surface area (Å²) >= 11 is 0. The Kier molecular flexibility index (Phi) is 4.87. The molecular weight excluding hydrogens is 368 g/mol. The van der Waals surface area contributed by atoms with E-state index in [1.165, 1.54) is 0 Å². The smallest absolute Gasteiger partial charge is 0.258 e. The molecule has 1 amide bonds. The molecule has 0 radical (unpaired) electrons. The van der Waals surface area contributed by atoms with Gasteiger partial charge in [-0.3, -0.25) is 14.8 Å². The fourth-order valence-electron chi connectivity index (χ4n) is 3.03. The van der Waals surface area contributed by atoms with Gasteiger partial charge in [-0.1, -0.05) is 30.3 Å². The van der Waals surface area contributed by atoms with Gasteiger partial charge in [0.1, 0.15) is 17.1 Å². The molecule has 2 aromatic heterocycles. The summed E-state index contributed by atoms with van der Waals surface area (Å²) in [6, 6.07) is 18.3. The Balaban J connectivity index is 1.72. The number of oxazole rings is 1. The maximum atomic E-state index is 12.8. The van der Waals surface area contributed by atoms with Crippen molar-refractivity contribution in [2.45, 2.75) is 6.92 Å². The van der Waals surface area contributed by atoms with Crippen LogP contribution in [0.1, 0.15) is 16.1 Å². The number of aryl methyl sites for hydroxylation is 2. The Morgan fingerprint density at radius 1 is 1.10 bits per heavy atom. The van der Waals surface area contributed by atoms with Crippen LogP contribution in [0.4, 0.5) is 5.88 Å². The quantitative estimate of drug-likeness (QED) is 0.551. The summed E-state index contributed by atoms with van der Waals surface area (Å²) in [5.41, 5.74) is 3.46. The van der Waals surface area contributed by atoms with Gasteiger partial charge in [-0.25, -0.2) is 4.98 Å². The van der Waals surface area contributed by atoms with E-state index in [1.54, 1.807) is 36.1 Å². The molecule has 0 aliphatic carbocycles. The summed E-state index contributed by atoms with van der Waals surface area (Å²) < 4.78 is 12.8. The van der Waals surface area contributed by atoms with Gasteiger partial charge in [0.15, 0.2) is 0 Å². The molecule has 2 aromatic carbocycles. The number of anilines is 1. The normalized spacial score (nSPS) is 10.7. The van der Waals surface area contributed by atoms with Gasteiger partial charge in [-0.15, -0.1) is 0 Å². The van der Waals surface area contributed by atoms with E-state index >= 15 is 0 Å². The van der Waals surface area contributed by atoms with Crippen LogP contribution in [0, 0.1) is 6.92 Å². The predicted molar refractivity (Wildman–Crippen MR) is 110 cm³/mol. The standard InChI is InChI=1S/C22H20N4O3/c1-14-13-18(26(2)25-14)21-23-19(15-7-5-4-6-8-15)22(29-21)24-20(27)16-9-11-17(28-3)12-10-16/h4-13H,1-3H3,(H,24,27). The Bertz CT molecular complexity index is 1140. The molecule has 29 heavy (non-hydrogen) atoms. The first kappa shape index (κ1) is 18.5. The van der Waals surface area contributed by atoms with Crippen molar-refractivity contribution in [2.75, 3.05) is 12.4 Å². The summed E-state index contributed by atoms with van der Waals surface area (Å²) in [4.78, 5) is 17.4. The van der Waals surface area contributed by atoms with Gasteiger partial charge in [0.25, 0.3) is 5.91 Å². The topological polar surface area (TPSA) is 82.2 Å². The number of hydrogen-bond donors (Lipinski definition) is 1. The van der Waals surface area contributed by atoms with Gasteiger partial charge in [0, 0.05) is 18.2 Å². The monoisotopic (exact) mass is 388 g/mol. The second-order valence-corrected chi connectivity index (χ2v) is 6.54. The van der Waals surface area contributed by atoms with Crippen molar-refractivity contribution in [3.63, 3.8) is 0 Å². The lowest BCUT2D eigenvalue weighted by atomic mass is 10.1. The SMILES string of the molecule is COc1ccc(C(=O)Nc2oc(-c3cc(C)nn3C)nc2-c2ccccc2)cc1. The lowest BCUT2D eigenvalue weighted by Crippen LogP contribution is -2.11. The number of benzene rings is 2. The third kappa shape index (κ3) is 3.75. The van der Waals surface area contributed by atoms with Crippen LogP contribution in [-0.2, 0) is 7.05 Å². The number of hydrogen-bond acceptors (Lipinski definition) is 5. The molecule has 0 saturated carbocycles. The maximum absolute atomic E-state index is 12.8. The number of methoxy groups -OCH3 is 1. The van der Waals surface area contributed by atoms with Gasteiger partial charge in [-0.05, 0) is 37.3 Å². The minimum absolute atomic E-state index is 0.283. The van der Waals surface area contributed by atoms with E-state index in [9.17, 15) is 4.79 Å². The third-order valence-electron chi connectivity index (χ3n) is 4.47. The molecule has 146 valence electrons. The molecule has 7 nitrogen and oxygen atoms in total. The zero-order valence-corrected chi connectivity index (χ0v) is 16.3. The molecule has 4 aromatic rings. The van der Waals surface area contributed by atoms with E-state index in [-0.39, 0.29) is 11.8 Å². The largest absolute Gasteiger partial charge is 0.497 e. The first-order chi connectivity index (χ1) is 14.0. The number of rotatable bonds is 5. The van der Waals surface area contributed by atoms with E-state index in [4.69, 9.17) is 9.15 Å². The molecule has 4 rings (SSSR count). The van der Waals surface area contributed by atoms with Crippen molar-refractivity contribution in [1.82, 2.24) is 14.8 Å². The first-order valence-corrected chi connectivity index (χ1v) is 9.08. The highest BCUT2D eigenvalue weighted by atomic mass is 16.5. The molecule has 0 spiro atoms. The molecule has 0 fully saturated rings. The summed E-state index contributed by atoms with van der Waals surface area (Å²) in [5, 5.41) is 7.18. The van der Waals surface area contributed by atoms with Gasteiger partial charge < -0.3 is 9.15 Å². The van der Waals surface area contributed by atoms with Crippen LogP contribution in [0.15, 0.2) is 65.1 Å². The minimum Gasteiger partial charge on any atom is -0.497 e. The number of aromatic nitrogens is 3. The van der Waals surface area contributed by atoms with Crippen LogP contribution in [0.25, 0.3) is 22.8 Å². The molecule has 0 aliphatic heterocycles. The van der Waals surface area contributed by atoms with Gasteiger partial charge >= 0.3 is 0 Å². The summed E-state index contributed by atoms with van der Waals surface area (Å²) in [6.45, 7) is 1.90. The minimum atomic E-state index is -0.297. The Morgan fingerprint density at radius 3 is 2.45 bits per heavy atom. The fourth-order valence-corrected chi connectivity index (χ4v) is 3.03. The van der Waals surface area contributed by atoms with Crippen molar-refractivity contribution < 1.29 is 13.9 Å². The van der Waals surface area contributed by atoms with Crippen molar-refractivity contribution in [2.24, 2.45) is 7.05 Å². The van der Waals surface area contributed by atoms with Crippen molar-refractivity contribution in [1.29, 1.82) is 0 Å². The third-order valence-corrected chi connectivity index (χ3v) is 4.47. The summed E-state index contributed by atoms with van der Waals surface area (Å²) in [5.74, 6) is 1.05. The summed E-state index contributed by atoms with van der Waals surface area (Å²) in [6.07, 6.45) is 0. The molecule has 0 atom stereocenters. The maximum Gasteiger partial charge on any atom is 0.258 e. The van der Waals surface area contributed by atoms with Crippen molar-refractivity contribution in [3.05, 3.63) is 71.9 Å². The molecule has 1 N–H and O–H groups in total. The lowest BCUT2D eigenvalue weighted by Gasteiger charge is -2.05. The highest BCUT2D eigenvalue weighted by Crippen LogP contribution is 2.33. The predicted octanol–water partition coefficient (Wildman–Crippen LogP) is 4.31. The molecule has 7 heteroatoms. The van der Waals surface area contributed by atoms with E-state index in [0.29, 0.717) is 22.9 Å². The van der Waals surface area contributed by atoms with Crippen LogP contribution in [0.2, 0.25) is 0 Å². The van der Waals surface area contributed by atoms with E-state index in [0.717, 1.165) is 17.0 Å². The number of amides is 1. The van der Waals surface area contributed by atoms with Crippen LogP contribution in [-0.4, -0.2) is 27.8 Å². The highest BCUT2D eigenvalue weighted by molar-refractivity contribution is 6.05. The molecule has 0 saturated heterocycles. The first-order valence-electron chi connectivity index (χ1n) is 9.08. The van der Waals surface area contributed by atoms with E-state index in [1.807, 2.05) is 50.4 Å². The number of nitrogens with one attached hydrogen (secondary N) is 1. The second kappa shape index (κ2) is 7.63. The molecule has 0 bridgehead atoms. The number of nitrogens with zero attached hydrogens (tertiary/aromatic N) is 3. The lowest BCUT2D eigenvalue weighted by molar-refractivity contribution is 0.102. The zero-order chi connectivity index (χ0) is 20.4. The van der Waals surface area contributed by atoms with Crippen LogP contribution < -0.4 is 10.1 Å². The van der Waals surface area contributed by atoms with E-state index < -0.39 is 0 Å². The average molecular weight is 388 g/mol. The molecule has 2 heterocycles. The fraction of sp³-hybridized carbons (Fsp3) is 0.136. The van der Waals surface area contributed by atoms with Crippen molar-refractivity contribution in [3.8, 4) is 28.6 Å². The summed E-state index contributed by atoms with van der Waals surface area (Å²) in [7, 11) is 3.40. The average Bonchev–Trinajstić information content (AvgIpc) is 3.31. The number of carbonyl (C=O) groups excluding carboxylic acids is 1. The number of carbonyl (C=O) groups is 1. The zero-order valence-electron chi connectivity index (χ0n) is 16.3. The number of ether oxygens (including phenoxy) is 1.